The molecule has 0 aliphatic carbocycles. The zero-order chi connectivity index (χ0) is 11.7. The Morgan fingerprint density at radius 2 is 2.25 bits per heavy atom. The van der Waals surface area contributed by atoms with Crippen LogP contribution in [0, 0.1) is 17.1 Å². The van der Waals surface area contributed by atoms with Gasteiger partial charge in [-0.1, -0.05) is 11.6 Å². The van der Waals surface area contributed by atoms with Crippen LogP contribution in [0.15, 0.2) is 18.5 Å². The van der Waals surface area contributed by atoms with Crippen molar-refractivity contribution in [2.75, 3.05) is 5.73 Å². The summed E-state index contributed by atoms with van der Waals surface area (Å²) >= 11 is 5.62. The van der Waals surface area contributed by atoms with Crippen molar-refractivity contribution in [3.05, 3.63) is 35.1 Å². The Labute approximate surface area is 94.9 Å². The number of anilines is 1. The van der Waals surface area contributed by atoms with Gasteiger partial charge in [-0.25, -0.2) is 14.1 Å². The van der Waals surface area contributed by atoms with Crippen molar-refractivity contribution in [2.45, 2.75) is 0 Å². The summed E-state index contributed by atoms with van der Waals surface area (Å²) in [6.07, 6.45) is 1.30. The van der Waals surface area contributed by atoms with Gasteiger partial charge in [0.1, 0.15) is 18.2 Å². The van der Waals surface area contributed by atoms with E-state index in [0.717, 1.165) is 6.07 Å². The third kappa shape index (κ3) is 1.68. The van der Waals surface area contributed by atoms with Crippen LogP contribution in [0.3, 0.4) is 0 Å². The minimum atomic E-state index is -0.608. The number of nitrogen functional groups attached to an aromatic ring is 1. The van der Waals surface area contributed by atoms with Crippen LogP contribution in [-0.4, -0.2) is 14.8 Å². The highest BCUT2D eigenvalue weighted by molar-refractivity contribution is 6.31. The van der Waals surface area contributed by atoms with Crippen LogP contribution in [0.1, 0.15) is 5.82 Å². The highest BCUT2D eigenvalue weighted by Gasteiger charge is 2.09. The second-order valence-corrected chi connectivity index (χ2v) is 3.36. The Hall–Kier alpha value is -2.13. The molecule has 0 bridgehead atoms. The fourth-order valence-corrected chi connectivity index (χ4v) is 1.34. The topological polar surface area (TPSA) is 80.5 Å². The highest BCUT2D eigenvalue weighted by Crippen LogP contribution is 2.24. The number of nitriles is 1. The molecule has 1 heterocycles. The molecule has 1 aromatic heterocycles. The van der Waals surface area contributed by atoms with Crippen molar-refractivity contribution >= 4 is 17.3 Å². The molecule has 0 radical (unpaired) electrons. The van der Waals surface area contributed by atoms with Gasteiger partial charge in [-0.3, -0.25) is 0 Å². The SMILES string of the molecule is N#Cc1ncn(-c2cc(Cl)c(F)cc2N)n1. The molecule has 80 valence electrons. The largest absolute Gasteiger partial charge is 0.397 e. The summed E-state index contributed by atoms with van der Waals surface area (Å²) in [7, 11) is 0. The van der Waals surface area contributed by atoms with E-state index < -0.39 is 5.82 Å². The van der Waals surface area contributed by atoms with Gasteiger partial charge in [-0.2, -0.15) is 5.26 Å². The van der Waals surface area contributed by atoms with Crippen LogP contribution in [-0.2, 0) is 0 Å². The van der Waals surface area contributed by atoms with Crippen molar-refractivity contribution in [3.8, 4) is 11.8 Å². The van der Waals surface area contributed by atoms with Gasteiger partial charge in [0.25, 0.3) is 5.82 Å². The van der Waals surface area contributed by atoms with Gasteiger partial charge < -0.3 is 5.73 Å². The quantitative estimate of drug-likeness (QED) is 0.763. The summed E-state index contributed by atoms with van der Waals surface area (Å²) in [6, 6.07) is 4.18. The van der Waals surface area contributed by atoms with Gasteiger partial charge in [0.2, 0.25) is 0 Å². The zero-order valence-corrected chi connectivity index (χ0v) is 8.61. The fourth-order valence-electron chi connectivity index (χ4n) is 1.18. The molecule has 0 unspecified atom stereocenters. The Balaban J connectivity index is 2.56. The Bertz CT molecular complexity index is 586. The smallest absolute Gasteiger partial charge is 0.252 e. The van der Waals surface area contributed by atoms with Gasteiger partial charge >= 0.3 is 0 Å². The molecule has 16 heavy (non-hydrogen) atoms. The maximum Gasteiger partial charge on any atom is 0.252 e. The van der Waals surface area contributed by atoms with Crippen molar-refractivity contribution in [3.63, 3.8) is 0 Å². The monoisotopic (exact) mass is 237 g/mol. The first-order valence-electron chi connectivity index (χ1n) is 4.18. The second-order valence-electron chi connectivity index (χ2n) is 2.95. The van der Waals surface area contributed by atoms with Gasteiger partial charge in [-0.15, -0.1) is 5.10 Å². The van der Waals surface area contributed by atoms with E-state index in [4.69, 9.17) is 22.6 Å². The highest BCUT2D eigenvalue weighted by atomic mass is 35.5. The van der Waals surface area contributed by atoms with Gasteiger partial charge in [-0.05, 0) is 6.07 Å². The van der Waals surface area contributed by atoms with Crippen LogP contribution >= 0.6 is 11.6 Å². The molecule has 0 aliphatic rings. The number of nitrogens with zero attached hydrogens (tertiary/aromatic N) is 4. The molecule has 0 atom stereocenters. The molecule has 5 nitrogen and oxygen atoms in total. The van der Waals surface area contributed by atoms with E-state index in [9.17, 15) is 4.39 Å². The summed E-state index contributed by atoms with van der Waals surface area (Å²) in [5.41, 5.74) is 6.14. The fraction of sp³-hybridized carbons (Fsp3) is 0. The lowest BCUT2D eigenvalue weighted by atomic mass is 10.2. The molecular formula is C9H5ClFN5. The zero-order valence-electron chi connectivity index (χ0n) is 7.85. The number of halogens is 2. The lowest BCUT2D eigenvalue weighted by Crippen LogP contribution is -2.01. The number of nitrogens with two attached hydrogens (primary N) is 1. The first-order valence-corrected chi connectivity index (χ1v) is 4.56. The minimum Gasteiger partial charge on any atom is -0.397 e. The van der Waals surface area contributed by atoms with E-state index >= 15 is 0 Å². The second kappa shape index (κ2) is 3.79. The lowest BCUT2D eigenvalue weighted by molar-refractivity contribution is 0.628. The summed E-state index contributed by atoms with van der Waals surface area (Å²) in [5, 5.41) is 12.3. The van der Waals surface area contributed by atoms with Crippen molar-refractivity contribution in [2.24, 2.45) is 0 Å². The van der Waals surface area contributed by atoms with Crippen LogP contribution in [0.4, 0.5) is 10.1 Å². The molecule has 1 aromatic carbocycles. The van der Waals surface area contributed by atoms with E-state index in [-0.39, 0.29) is 16.5 Å². The van der Waals surface area contributed by atoms with E-state index in [1.165, 1.54) is 17.1 Å². The van der Waals surface area contributed by atoms with Crippen LogP contribution in [0.5, 0.6) is 0 Å². The molecular weight excluding hydrogens is 233 g/mol. The summed E-state index contributed by atoms with van der Waals surface area (Å²) < 4.78 is 14.3. The minimum absolute atomic E-state index is 0.000141. The van der Waals surface area contributed by atoms with Crippen LogP contribution in [0.25, 0.3) is 5.69 Å². The Morgan fingerprint density at radius 3 is 2.88 bits per heavy atom. The number of rotatable bonds is 1. The molecule has 2 aromatic rings. The van der Waals surface area contributed by atoms with Crippen LogP contribution < -0.4 is 5.73 Å². The predicted octanol–water partition coefficient (Wildman–Crippen LogP) is 1.51. The number of hydrogen-bond acceptors (Lipinski definition) is 4. The summed E-state index contributed by atoms with van der Waals surface area (Å²) in [6.45, 7) is 0. The Kier molecular flexibility index (Phi) is 2.46. The third-order valence-electron chi connectivity index (χ3n) is 1.91. The number of benzene rings is 1. The average molecular weight is 238 g/mol. The molecule has 0 amide bonds. The molecule has 0 saturated carbocycles. The molecule has 0 fully saturated rings. The van der Waals surface area contributed by atoms with Crippen molar-refractivity contribution in [1.82, 2.24) is 14.8 Å². The third-order valence-corrected chi connectivity index (χ3v) is 2.20. The maximum absolute atomic E-state index is 13.0. The molecule has 0 spiro atoms. The van der Waals surface area contributed by atoms with Crippen molar-refractivity contribution in [1.29, 1.82) is 5.26 Å². The van der Waals surface area contributed by atoms with E-state index in [1.807, 2.05) is 0 Å². The maximum atomic E-state index is 13.0. The predicted molar refractivity (Wildman–Crippen MR) is 55.5 cm³/mol. The Morgan fingerprint density at radius 1 is 1.50 bits per heavy atom. The van der Waals surface area contributed by atoms with Crippen molar-refractivity contribution < 1.29 is 4.39 Å². The van der Waals surface area contributed by atoms with Crippen LogP contribution in [0.2, 0.25) is 5.02 Å². The van der Waals surface area contributed by atoms with E-state index in [1.54, 1.807) is 6.07 Å². The van der Waals surface area contributed by atoms with Gasteiger partial charge in [0, 0.05) is 6.07 Å². The summed E-state index contributed by atoms with van der Waals surface area (Å²) in [4.78, 5) is 3.70. The van der Waals surface area contributed by atoms with E-state index in [0.29, 0.717) is 5.69 Å². The molecule has 0 saturated heterocycles. The standard InChI is InChI=1S/C9H5ClFN5/c10-5-1-8(7(13)2-6(5)11)16-4-14-9(3-12)15-16/h1-2,4H,13H2. The lowest BCUT2D eigenvalue weighted by Gasteiger charge is -2.05. The van der Waals surface area contributed by atoms with E-state index in [2.05, 4.69) is 10.1 Å². The van der Waals surface area contributed by atoms with Gasteiger partial charge in [0.05, 0.1) is 16.4 Å². The normalized spacial score (nSPS) is 10.1. The number of aromatic nitrogens is 3. The molecule has 2 rings (SSSR count). The number of hydrogen-bond donors (Lipinski definition) is 1. The first-order chi connectivity index (χ1) is 7.61. The molecule has 7 heteroatoms. The molecule has 2 N–H and O–H groups in total. The summed E-state index contributed by atoms with van der Waals surface area (Å²) in [5.74, 6) is -0.608. The first kappa shape index (κ1) is 10.4. The average Bonchev–Trinajstić information content (AvgIpc) is 2.71. The molecule has 0 aliphatic heterocycles. The van der Waals surface area contributed by atoms with Gasteiger partial charge in [0.15, 0.2) is 0 Å².